The number of ether oxygens (including phenoxy) is 7. The van der Waals surface area contributed by atoms with Gasteiger partial charge in [0, 0.05) is 143 Å². The molecule has 0 saturated carbocycles. The third-order valence-electron chi connectivity index (χ3n) is 14.7. The number of nitro groups is 3. The Morgan fingerprint density at radius 2 is 0.862 bits per heavy atom. The van der Waals surface area contributed by atoms with E-state index in [1.165, 1.54) is 36.4 Å². The van der Waals surface area contributed by atoms with Crippen LogP contribution in [0.1, 0.15) is 48.6 Å². The number of fused-ring (bicyclic) bond motifs is 3. The van der Waals surface area contributed by atoms with Crippen molar-refractivity contribution in [2.45, 2.75) is 52.3 Å². The Balaban J connectivity index is 0.000000162. The average Bonchev–Trinajstić information content (AvgIpc) is 1.72. The lowest BCUT2D eigenvalue weighted by Gasteiger charge is -2.27. The van der Waals surface area contributed by atoms with Gasteiger partial charge in [0.1, 0.15) is 35.5 Å². The second-order valence-electron chi connectivity index (χ2n) is 19.4. The van der Waals surface area contributed by atoms with Gasteiger partial charge in [-0.2, -0.15) is 15.8 Å². The molecule has 0 amide bonds. The van der Waals surface area contributed by atoms with Crippen LogP contribution in [0.25, 0.3) is 66.5 Å². The van der Waals surface area contributed by atoms with Crippen LogP contribution in [0.15, 0.2) is 115 Å². The van der Waals surface area contributed by atoms with E-state index < -0.39 is 14.8 Å². The van der Waals surface area contributed by atoms with E-state index in [2.05, 4.69) is 57.8 Å². The van der Waals surface area contributed by atoms with Gasteiger partial charge < -0.3 is 46.9 Å². The van der Waals surface area contributed by atoms with Crippen LogP contribution in [0, 0.1) is 64.3 Å². The molecule has 0 bridgehead atoms. The Hall–Kier alpha value is -9.71. The van der Waals surface area contributed by atoms with E-state index in [0.717, 1.165) is 114 Å². The summed E-state index contributed by atoms with van der Waals surface area (Å²) in [7, 11) is 4.88. The quantitative estimate of drug-likeness (QED) is 0.0523. The summed E-state index contributed by atoms with van der Waals surface area (Å²) in [5, 5.41) is 65.4. The minimum absolute atomic E-state index is 0.0228. The summed E-state index contributed by atoms with van der Waals surface area (Å²) >= 11 is 3.46. The topological polar surface area (TPSA) is 283 Å². The number of hydrogen-bond acceptors (Lipinski definition) is 17. The number of rotatable bonds is 15. The number of benzene rings is 6. The molecule has 2 fully saturated rings. The number of halogens is 1. The summed E-state index contributed by atoms with van der Waals surface area (Å²) in [6.07, 6.45) is 0. The second-order valence-corrected chi connectivity index (χ2v) is 19.9. The van der Waals surface area contributed by atoms with Crippen molar-refractivity contribution in [3.63, 3.8) is 0 Å². The van der Waals surface area contributed by atoms with Crippen LogP contribution in [0.4, 0.5) is 17.1 Å². The van der Waals surface area contributed by atoms with Crippen LogP contribution in [0.5, 0.6) is 17.2 Å². The summed E-state index contributed by atoms with van der Waals surface area (Å²) in [4.78, 5) is 33.8. The van der Waals surface area contributed by atoms with Crippen molar-refractivity contribution in [1.29, 1.82) is 15.8 Å². The third-order valence-corrected chi connectivity index (χ3v) is 15.3. The molecule has 11 rings (SSSR count). The van der Waals surface area contributed by atoms with Crippen molar-refractivity contribution in [2.75, 3.05) is 68.0 Å². The van der Waals surface area contributed by atoms with Crippen molar-refractivity contribution in [3.8, 4) is 69.2 Å². The van der Waals surface area contributed by atoms with Crippen LogP contribution in [0.2, 0.25) is 0 Å². The molecule has 0 radical (unpaired) electrons. The van der Waals surface area contributed by atoms with Gasteiger partial charge in [-0.3, -0.25) is 35.2 Å². The van der Waals surface area contributed by atoms with E-state index in [-0.39, 0.29) is 17.1 Å². The number of nitro benzene ring substituents is 3. The molecule has 0 aliphatic carbocycles. The van der Waals surface area contributed by atoms with Crippen molar-refractivity contribution in [3.05, 3.63) is 173 Å². The molecule has 5 heterocycles. The van der Waals surface area contributed by atoms with Gasteiger partial charge in [0.05, 0.1) is 99.6 Å². The number of aryl methyl sites for hydroxylation is 3. The van der Waals surface area contributed by atoms with Crippen LogP contribution in [-0.2, 0) is 50.5 Å². The van der Waals surface area contributed by atoms with E-state index in [1.807, 2.05) is 72.4 Å². The maximum absolute atomic E-state index is 11.0. The molecule has 87 heavy (non-hydrogen) atoms. The predicted molar refractivity (Wildman–Crippen MR) is 329 cm³/mol. The van der Waals surface area contributed by atoms with Gasteiger partial charge in [-0.05, 0) is 81.4 Å². The lowest BCUT2D eigenvalue weighted by molar-refractivity contribution is -0.385. The monoisotopic (exact) mass is 1240 g/mol. The molecule has 0 unspecified atom stereocenters. The lowest BCUT2D eigenvalue weighted by atomic mass is 10.0. The first kappa shape index (κ1) is 63.3. The van der Waals surface area contributed by atoms with Crippen molar-refractivity contribution in [2.24, 2.45) is 0 Å². The average molecular weight is 1250 g/mol. The van der Waals surface area contributed by atoms with Crippen LogP contribution in [-0.4, -0.2) is 101 Å². The fourth-order valence-corrected chi connectivity index (χ4v) is 11.1. The van der Waals surface area contributed by atoms with E-state index in [1.54, 1.807) is 57.7 Å². The Labute approximate surface area is 508 Å². The predicted octanol–water partition coefficient (Wildman–Crippen LogP) is 13.0. The number of hydrogen-bond donors (Lipinski definition) is 0. The van der Waals surface area contributed by atoms with Gasteiger partial charge in [0.25, 0.3) is 17.1 Å². The minimum Gasteiger partial charge on any atom is -0.497 e. The normalized spacial score (nSPS) is 12.9. The van der Waals surface area contributed by atoms with Crippen LogP contribution >= 0.6 is 15.9 Å². The molecule has 3 aromatic heterocycles. The molecule has 0 N–H and O–H groups in total. The molecule has 0 atom stereocenters. The first-order valence-corrected chi connectivity index (χ1v) is 28.6. The van der Waals surface area contributed by atoms with E-state index in [0.29, 0.717) is 75.2 Å². The fourth-order valence-electron chi connectivity index (χ4n) is 10.6. The number of morpholine rings is 1. The highest BCUT2D eigenvalue weighted by atomic mass is 79.9. The highest BCUT2D eigenvalue weighted by molar-refractivity contribution is 9.08. The molecule has 24 heteroatoms. The van der Waals surface area contributed by atoms with Crippen molar-refractivity contribution < 1.29 is 47.9 Å². The molecular formula is C63H61BrN10O13. The van der Waals surface area contributed by atoms with E-state index in [4.69, 9.17) is 18.9 Å². The number of aromatic nitrogens is 3. The smallest absolute Gasteiger partial charge is 0.269 e. The number of non-ortho nitro benzene ring substituents is 3. The molecule has 6 aromatic carbocycles. The first-order chi connectivity index (χ1) is 42.2. The molecule has 23 nitrogen and oxygen atoms in total. The van der Waals surface area contributed by atoms with Gasteiger partial charge in [0.2, 0.25) is 0 Å². The van der Waals surface area contributed by atoms with Gasteiger partial charge >= 0.3 is 0 Å². The molecular weight excluding hydrogens is 1180 g/mol. The zero-order valence-corrected chi connectivity index (χ0v) is 50.2. The Morgan fingerprint density at radius 1 is 0.494 bits per heavy atom. The summed E-state index contributed by atoms with van der Waals surface area (Å²) < 4.78 is 41.9. The Morgan fingerprint density at radius 3 is 1.20 bits per heavy atom. The number of alkyl halides is 1. The number of nitriles is 3. The first-order valence-electron chi connectivity index (χ1n) is 27.4. The highest BCUT2D eigenvalue weighted by Crippen LogP contribution is 2.41. The zero-order valence-electron chi connectivity index (χ0n) is 48.6. The molecule has 9 aromatic rings. The molecule has 448 valence electrons. The highest BCUT2D eigenvalue weighted by Gasteiger charge is 2.25. The van der Waals surface area contributed by atoms with E-state index in [9.17, 15) is 46.1 Å². The Kier molecular flexibility index (Phi) is 21.4. The zero-order chi connectivity index (χ0) is 62.3. The Bertz CT molecular complexity index is 4080. The van der Waals surface area contributed by atoms with Crippen molar-refractivity contribution in [1.82, 2.24) is 18.6 Å². The minimum atomic E-state index is -0.435. The molecule has 2 aliphatic rings. The maximum atomic E-state index is 11.0. The summed E-state index contributed by atoms with van der Waals surface area (Å²) in [6.45, 7) is 13.0. The molecule has 0 spiro atoms. The molecule has 2 aliphatic heterocycles. The van der Waals surface area contributed by atoms with Gasteiger partial charge in [-0.25, -0.2) is 0 Å². The largest absolute Gasteiger partial charge is 0.497 e. The van der Waals surface area contributed by atoms with Gasteiger partial charge in [-0.1, -0.05) is 15.9 Å². The van der Waals surface area contributed by atoms with Gasteiger partial charge in [-0.15, -0.1) is 0 Å². The van der Waals surface area contributed by atoms with Gasteiger partial charge in [0.15, 0.2) is 20.4 Å². The van der Waals surface area contributed by atoms with Crippen LogP contribution < -0.4 is 14.2 Å². The SMILES string of the molecule is C1OCOCO1.CCn1c(-c2ccc([N+](=O)[O-])cc2)c(C#N)c2cc(CBr)c(OC)cc21.CCn1c(-c2ccc([N+](=O)[O-])cc2)c(C#N)c2cc(CN3CCOCC3)c(OC)cc21.CCn1c(-c2ccc([N+](=O)[O-])cc2)c(C#N)c2ccc(OC)cc21. The van der Waals surface area contributed by atoms with Crippen molar-refractivity contribution >= 4 is 65.7 Å². The fraction of sp³-hybridized carbons (Fsp3) is 0.286. The second kappa shape index (κ2) is 29.4. The summed E-state index contributed by atoms with van der Waals surface area (Å²) in [5.74, 6) is 2.25. The lowest BCUT2D eigenvalue weighted by Crippen LogP contribution is -2.35. The maximum Gasteiger partial charge on any atom is 0.269 e. The summed E-state index contributed by atoms with van der Waals surface area (Å²) in [6, 6.07) is 39.3. The number of nitrogens with zero attached hydrogens (tertiary/aromatic N) is 10. The molecule has 2 saturated heterocycles. The third kappa shape index (κ3) is 13.7. The van der Waals surface area contributed by atoms with E-state index >= 15 is 0 Å². The standard InChI is InChI=1S/C23H24N4O4.C19H16BrN3O3.C18H15N3O3.C3H6O3/c1-3-26-21-13-22(30-2)17(15-25-8-10-31-11-9-25)12-19(21)20(14-24)23(26)16-4-6-18(7-5-16)27(28)29;1-3-22-17-9-18(26-2)13(10-20)8-15(17)16(11-21)19(22)12-4-6-14(7-5-12)23(24)25;1-3-20-17-10-14(24-2)8-9-15(17)16(11-19)18(20)12-4-6-13(7-5-12)21(22)23;1-4-2-6-3-5-1/h4-7,12-13H,3,8-11,15H2,1-2H3;4-9H,3,10H2,1-2H3;4-10H,3H2,1-2H3;1-3H2. The number of methoxy groups -OCH3 is 3. The van der Waals surface area contributed by atoms with Crippen LogP contribution in [0.3, 0.4) is 0 Å². The summed E-state index contributed by atoms with van der Waals surface area (Å²) in [5.41, 5.74) is 11.1.